The van der Waals surface area contributed by atoms with Crippen molar-refractivity contribution in [2.24, 2.45) is 0 Å². The van der Waals surface area contributed by atoms with Crippen molar-refractivity contribution in [2.75, 3.05) is 7.11 Å². The highest BCUT2D eigenvalue weighted by atomic mass is 19.4. The van der Waals surface area contributed by atoms with Gasteiger partial charge in [0.1, 0.15) is 11.6 Å². The lowest BCUT2D eigenvalue weighted by Crippen LogP contribution is -2.35. The van der Waals surface area contributed by atoms with E-state index in [0.717, 1.165) is 12.1 Å². The first-order valence-electron chi connectivity index (χ1n) is 10.4. The molecule has 0 bridgehead atoms. The van der Waals surface area contributed by atoms with E-state index in [2.05, 4.69) is 15.4 Å². The van der Waals surface area contributed by atoms with Crippen LogP contribution in [0.3, 0.4) is 0 Å². The molecule has 1 aliphatic carbocycles. The number of alkyl halides is 3. The van der Waals surface area contributed by atoms with Crippen molar-refractivity contribution in [3.8, 4) is 11.4 Å². The van der Waals surface area contributed by atoms with Crippen molar-refractivity contribution >= 4 is 16.8 Å². The summed E-state index contributed by atoms with van der Waals surface area (Å²) in [6, 6.07) is 9.18. The summed E-state index contributed by atoms with van der Waals surface area (Å²) in [6.07, 6.45) is 0.850. The number of rotatable bonds is 5. The highest BCUT2D eigenvalue weighted by molar-refractivity contribution is 6.06. The Bertz CT molecular complexity index is 1390. The van der Waals surface area contributed by atoms with E-state index < -0.39 is 23.2 Å². The number of ether oxygens (including phenoxy) is 1. The third-order valence-electron chi connectivity index (χ3n) is 5.94. The molecule has 0 spiro atoms. The Morgan fingerprint density at radius 3 is 2.47 bits per heavy atom. The van der Waals surface area contributed by atoms with E-state index in [9.17, 15) is 22.4 Å². The molecule has 1 N–H and O–H groups in total. The first kappa shape index (κ1) is 21.9. The molecule has 1 saturated carbocycles. The second-order valence-electron chi connectivity index (χ2n) is 8.14. The van der Waals surface area contributed by atoms with E-state index in [0.29, 0.717) is 35.0 Å². The van der Waals surface area contributed by atoms with Gasteiger partial charge in [-0.05, 0) is 60.9 Å². The summed E-state index contributed by atoms with van der Waals surface area (Å²) in [5.74, 6) is -0.806. The van der Waals surface area contributed by atoms with E-state index in [1.165, 1.54) is 48.6 Å². The van der Waals surface area contributed by atoms with E-state index in [1.54, 1.807) is 12.1 Å². The number of carbonyl (C=O) groups is 1. The van der Waals surface area contributed by atoms with Gasteiger partial charge in [-0.3, -0.25) is 9.78 Å². The minimum absolute atomic E-state index is 0.0645. The Hall–Kier alpha value is -3.95. The Morgan fingerprint density at radius 1 is 1.09 bits per heavy atom. The molecule has 0 radical (unpaired) electrons. The maximum atomic E-state index is 13.4. The molecule has 1 amide bonds. The Balaban J connectivity index is 1.48. The van der Waals surface area contributed by atoms with Gasteiger partial charge < -0.3 is 10.1 Å². The summed E-state index contributed by atoms with van der Waals surface area (Å²) in [7, 11) is 1.29. The van der Waals surface area contributed by atoms with Crippen LogP contribution in [0.4, 0.5) is 17.6 Å². The largest absolute Gasteiger partial charge is 0.497 e. The normalized spacial score (nSPS) is 14.7. The quantitative estimate of drug-likeness (QED) is 0.417. The molecule has 5 rings (SSSR count). The van der Waals surface area contributed by atoms with Crippen molar-refractivity contribution in [3.05, 3.63) is 83.6 Å². The van der Waals surface area contributed by atoms with Gasteiger partial charge in [-0.15, -0.1) is 0 Å². The molecule has 2 heterocycles. The van der Waals surface area contributed by atoms with Crippen LogP contribution in [0.2, 0.25) is 0 Å². The SMILES string of the molecule is COc1cc(C(F)(F)F)cc(C2(NC(=O)c3cncc4c3cnn4-c3ccc(F)cc3)CC2)c1. The van der Waals surface area contributed by atoms with Crippen LogP contribution in [-0.2, 0) is 11.7 Å². The number of nitrogens with one attached hydrogen (secondary N) is 1. The molecule has 6 nitrogen and oxygen atoms in total. The number of hydrogen-bond acceptors (Lipinski definition) is 4. The fourth-order valence-corrected chi connectivity index (χ4v) is 3.96. The Morgan fingerprint density at radius 2 is 1.82 bits per heavy atom. The molecule has 2 aromatic heterocycles. The number of methoxy groups -OCH3 is 1. The van der Waals surface area contributed by atoms with Crippen molar-refractivity contribution in [1.82, 2.24) is 20.1 Å². The highest BCUT2D eigenvalue weighted by Gasteiger charge is 2.47. The predicted molar refractivity (Wildman–Crippen MR) is 115 cm³/mol. The number of amides is 1. The summed E-state index contributed by atoms with van der Waals surface area (Å²) in [6.45, 7) is 0. The van der Waals surface area contributed by atoms with Gasteiger partial charge in [0.05, 0.1) is 47.4 Å². The molecule has 4 aromatic rings. The van der Waals surface area contributed by atoms with Crippen LogP contribution in [0.1, 0.15) is 34.3 Å². The zero-order chi connectivity index (χ0) is 24.1. The zero-order valence-electron chi connectivity index (χ0n) is 17.9. The van der Waals surface area contributed by atoms with E-state index in [4.69, 9.17) is 4.74 Å². The molecular formula is C24H18F4N4O2. The van der Waals surface area contributed by atoms with Gasteiger partial charge in [-0.25, -0.2) is 9.07 Å². The molecule has 0 aliphatic heterocycles. The van der Waals surface area contributed by atoms with E-state index >= 15 is 0 Å². The molecule has 0 atom stereocenters. The second kappa shape index (κ2) is 7.82. The van der Waals surface area contributed by atoms with Crippen molar-refractivity contribution in [1.29, 1.82) is 0 Å². The highest BCUT2D eigenvalue weighted by Crippen LogP contribution is 2.48. The fraction of sp³-hybridized carbons (Fsp3) is 0.208. The number of fused-ring (bicyclic) bond motifs is 1. The number of aromatic nitrogens is 3. The average molecular weight is 470 g/mol. The molecule has 1 aliphatic rings. The van der Waals surface area contributed by atoms with Gasteiger partial charge in [0.15, 0.2) is 0 Å². The molecule has 0 unspecified atom stereocenters. The van der Waals surface area contributed by atoms with Crippen LogP contribution in [0.5, 0.6) is 5.75 Å². The maximum Gasteiger partial charge on any atom is 0.416 e. The summed E-state index contributed by atoms with van der Waals surface area (Å²) < 4.78 is 60.0. The van der Waals surface area contributed by atoms with Crippen LogP contribution in [0.25, 0.3) is 16.6 Å². The lowest BCUT2D eigenvalue weighted by Gasteiger charge is -2.21. The molecule has 174 valence electrons. The smallest absolute Gasteiger partial charge is 0.416 e. The minimum atomic E-state index is -4.55. The lowest BCUT2D eigenvalue weighted by atomic mass is 10.00. The van der Waals surface area contributed by atoms with Crippen LogP contribution in [0, 0.1) is 5.82 Å². The molecule has 10 heteroatoms. The lowest BCUT2D eigenvalue weighted by molar-refractivity contribution is -0.137. The third kappa shape index (κ3) is 3.85. The molecule has 34 heavy (non-hydrogen) atoms. The van der Waals surface area contributed by atoms with Gasteiger partial charge in [0, 0.05) is 11.6 Å². The molecule has 1 fully saturated rings. The van der Waals surface area contributed by atoms with Crippen LogP contribution < -0.4 is 10.1 Å². The zero-order valence-corrected chi connectivity index (χ0v) is 17.9. The Labute approximate surface area is 191 Å². The summed E-state index contributed by atoms with van der Waals surface area (Å²) in [5.41, 5.74) is -0.0893. The second-order valence-corrected chi connectivity index (χ2v) is 8.14. The topological polar surface area (TPSA) is 69.0 Å². The van der Waals surface area contributed by atoms with Crippen molar-refractivity contribution < 1.29 is 27.1 Å². The number of hydrogen-bond donors (Lipinski definition) is 1. The molecule has 2 aromatic carbocycles. The first-order valence-corrected chi connectivity index (χ1v) is 10.4. The Kier molecular flexibility index (Phi) is 5.03. The number of carbonyl (C=O) groups excluding carboxylic acids is 1. The summed E-state index contributed by atoms with van der Waals surface area (Å²) in [5, 5.41) is 7.70. The monoisotopic (exact) mass is 470 g/mol. The van der Waals surface area contributed by atoms with Crippen LogP contribution in [0.15, 0.2) is 61.1 Å². The fourth-order valence-electron chi connectivity index (χ4n) is 3.96. The van der Waals surface area contributed by atoms with Crippen LogP contribution >= 0.6 is 0 Å². The standard InChI is InChI=1S/C24H18F4N4O2/c1-34-18-9-14(8-15(10-18)24(26,27)28)23(6-7-23)31-22(33)20-11-29-13-21-19(20)12-30-32(21)17-4-2-16(25)3-5-17/h2-5,8-13H,6-7H2,1H3,(H,31,33). The predicted octanol–water partition coefficient (Wildman–Crippen LogP) is 5.01. The number of halogens is 4. The van der Waals surface area contributed by atoms with Gasteiger partial charge >= 0.3 is 6.18 Å². The van der Waals surface area contributed by atoms with Gasteiger partial charge in [0.2, 0.25) is 0 Å². The maximum absolute atomic E-state index is 13.4. The average Bonchev–Trinajstić information content (AvgIpc) is 3.47. The minimum Gasteiger partial charge on any atom is -0.497 e. The first-order chi connectivity index (χ1) is 16.2. The number of pyridine rings is 1. The van der Waals surface area contributed by atoms with Gasteiger partial charge in [0.25, 0.3) is 5.91 Å². The molecular weight excluding hydrogens is 452 g/mol. The van der Waals surface area contributed by atoms with Gasteiger partial charge in [-0.1, -0.05) is 0 Å². The van der Waals surface area contributed by atoms with Crippen molar-refractivity contribution in [2.45, 2.75) is 24.6 Å². The molecule has 0 saturated heterocycles. The van der Waals surface area contributed by atoms with E-state index in [1.807, 2.05) is 0 Å². The van der Waals surface area contributed by atoms with E-state index in [-0.39, 0.29) is 17.1 Å². The third-order valence-corrected chi connectivity index (χ3v) is 5.94. The van der Waals surface area contributed by atoms with Gasteiger partial charge in [-0.2, -0.15) is 18.3 Å². The number of benzene rings is 2. The summed E-state index contributed by atoms with van der Waals surface area (Å²) in [4.78, 5) is 17.4. The van der Waals surface area contributed by atoms with Crippen molar-refractivity contribution in [3.63, 3.8) is 0 Å². The van der Waals surface area contributed by atoms with Crippen LogP contribution in [-0.4, -0.2) is 27.8 Å². The summed E-state index contributed by atoms with van der Waals surface area (Å²) >= 11 is 0. The number of nitrogens with zero attached hydrogens (tertiary/aromatic N) is 3.